The monoisotopic (exact) mass is 881 g/mol. The Morgan fingerprint density at radius 2 is 1.64 bits per heavy atom. The summed E-state index contributed by atoms with van der Waals surface area (Å²) in [6.45, 7) is -6.55. The first-order chi connectivity index (χ1) is 28.2. The van der Waals surface area contributed by atoms with Crippen molar-refractivity contribution in [2.45, 2.75) is 55.0 Å². The molecule has 0 aliphatic carbocycles. The maximum Gasteiger partial charge on any atom is 0.472 e. The van der Waals surface area contributed by atoms with Gasteiger partial charge in [0.05, 0.1) is 25.1 Å². The summed E-state index contributed by atoms with van der Waals surface area (Å²) >= 11 is 0.548. The molecule has 3 aliphatic rings. The molecule has 3 saturated heterocycles. The summed E-state index contributed by atoms with van der Waals surface area (Å²) in [6, 6.07) is 12.3. The molecule has 5 aromatic rings. The molecule has 3 aromatic heterocycles. The summed E-state index contributed by atoms with van der Waals surface area (Å²) in [5.74, 6) is -0.776. The summed E-state index contributed by atoms with van der Waals surface area (Å²) in [4.78, 5) is 62.0. The summed E-state index contributed by atoms with van der Waals surface area (Å²) in [5.41, 5.74) is 4.83. The third-order valence-electron chi connectivity index (χ3n) is 9.25. The quantitative estimate of drug-likeness (QED) is 0.104. The van der Waals surface area contributed by atoms with Crippen molar-refractivity contribution >= 4 is 49.0 Å². The van der Waals surface area contributed by atoms with Gasteiger partial charge >= 0.3 is 26.3 Å². The van der Waals surface area contributed by atoms with E-state index >= 15 is 8.78 Å². The van der Waals surface area contributed by atoms with E-state index in [0.717, 1.165) is 34.1 Å². The number of aromatic nitrogens is 6. The predicted molar refractivity (Wildman–Crippen MR) is 199 cm³/mol. The van der Waals surface area contributed by atoms with Crippen molar-refractivity contribution in [2.75, 3.05) is 18.9 Å². The average molecular weight is 882 g/mol. The van der Waals surface area contributed by atoms with E-state index in [0.29, 0.717) is 16.9 Å². The number of nitrogens with zero attached hydrogens (tertiary/aromatic N) is 5. The van der Waals surface area contributed by atoms with Crippen LogP contribution >= 0.6 is 26.0 Å². The summed E-state index contributed by atoms with van der Waals surface area (Å²) in [5, 5.41) is 9.49. The van der Waals surface area contributed by atoms with E-state index in [1.54, 1.807) is 0 Å². The standard InChI is InChI=1S/C33H31F2N7O14P2S/c34-23-20-11-50-57(47,48)55-26-21(54-30(24(26)35)42-15-39-25-28(36)37-14-38-29(25)42)12-51-58(49,56-27(23)31(53-20)41-10-9-22(44)40-33(41)46)59-13-16-1-7-19(8-2-16)52-32(45)17-3-5-18(43)6-4-17/h1-10,14-15,20-21,23-24,26-27,30-31,43H,11-13H2,(H,47,48)(H2,36,37,38)(H,40,44,46)/t20-,21-,23-,24-,26-,27-,30-,31-,58?/m1/s1. The SMILES string of the molecule is Nc1ncnc2c1ncn2[C@@H]1O[C@@H]2COP(=O)(SCc3ccc(OC(=O)c4ccc(O)cc4)cc3)O[C@@H]3[C@H](F)[C@@H](COP(=O)(O)O[C@H]2[C@H]1F)O[C@H]3n1ccc(=O)[nH]c1=O. The number of phosphoric ester groups is 1. The van der Waals surface area contributed by atoms with Gasteiger partial charge in [-0.25, -0.2) is 42.5 Å². The number of phenols is 1. The molecule has 6 heterocycles. The molecule has 5 N–H and O–H groups in total. The van der Waals surface area contributed by atoms with Gasteiger partial charge in [0, 0.05) is 18.0 Å². The van der Waals surface area contributed by atoms with E-state index in [9.17, 15) is 33.5 Å². The van der Waals surface area contributed by atoms with Crippen LogP contribution in [0.4, 0.5) is 14.6 Å². The van der Waals surface area contributed by atoms with Gasteiger partial charge in [0.25, 0.3) is 5.56 Å². The summed E-state index contributed by atoms with van der Waals surface area (Å²) in [6.07, 6.45) is -11.9. The molecule has 8 rings (SSSR count). The van der Waals surface area contributed by atoms with E-state index in [1.165, 1.54) is 48.5 Å². The van der Waals surface area contributed by atoms with Crippen LogP contribution in [0.5, 0.6) is 11.5 Å². The van der Waals surface area contributed by atoms with Gasteiger partial charge in [0.1, 0.15) is 47.8 Å². The number of nitrogen functional groups attached to an aromatic ring is 1. The number of ether oxygens (including phenoxy) is 3. The van der Waals surface area contributed by atoms with E-state index in [1.807, 2.05) is 4.98 Å². The predicted octanol–water partition coefficient (Wildman–Crippen LogP) is 3.31. The van der Waals surface area contributed by atoms with Gasteiger partial charge in [0.2, 0.25) is 0 Å². The molecule has 3 fully saturated rings. The number of fused-ring (bicyclic) bond motifs is 4. The topological polar surface area (TPSA) is 281 Å². The highest BCUT2D eigenvalue weighted by Crippen LogP contribution is 2.65. The molecule has 0 spiro atoms. The van der Waals surface area contributed by atoms with Crippen molar-refractivity contribution in [1.29, 1.82) is 0 Å². The minimum absolute atomic E-state index is 0.0251. The smallest absolute Gasteiger partial charge is 0.472 e. The maximum atomic E-state index is 16.4. The molecule has 2 aromatic carbocycles. The highest BCUT2D eigenvalue weighted by molar-refractivity contribution is 8.54. The number of phosphoric acid groups is 1. The number of anilines is 1. The molecule has 312 valence electrons. The lowest BCUT2D eigenvalue weighted by Crippen LogP contribution is -2.37. The zero-order valence-corrected chi connectivity index (χ0v) is 32.4. The number of rotatable bonds is 7. The van der Waals surface area contributed by atoms with Crippen LogP contribution in [0.25, 0.3) is 11.2 Å². The number of esters is 1. The second kappa shape index (κ2) is 16.3. The normalized spacial score (nSPS) is 31.2. The Hall–Kier alpha value is -4.87. The second-order valence-electron chi connectivity index (χ2n) is 13.1. The number of benzene rings is 2. The van der Waals surface area contributed by atoms with Crippen LogP contribution < -0.4 is 21.7 Å². The van der Waals surface area contributed by atoms with Crippen LogP contribution in [-0.4, -0.2) is 95.0 Å². The number of halogens is 2. The molecule has 10 atom stereocenters. The first kappa shape index (κ1) is 40.9. The van der Waals surface area contributed by atoms with E-state index in [4.69, 9.17) is 38.0 Å². The van der Waals surface area contributed by atoms with Crippen LogP contribution in [0.15, 0.2) is 83.0 Å². The van der Waals surface area contributed by atoms with Crippen LogP contribution in [0.2, 0.25) is 0 Å². The molecule has 0 radical (unpaired) electrons. The zero-order valence-electron chi connectivity index (χ0n) is 29.8. The molecule has 2 bridgehead atoms. The van der Waals surface area contributed by atoms with Crippen LogP contribution in [0, 0.1) is 0 Å². The Bertz CT molecular complexity index is 2590. The van der Waals surface area contributed by atoms with Crippen molar-refractivity contribution in [3.05, 3.63) is 105 Å². The van der Waals surface area contributed by atoms with Gasteiger partial charge in [0.15, 0.2) is 36.3 Å². The van der Waals surface area contributed by atoms with Gasteiger partial charge in [-0.3, -0.25) is 37.0 Å². The van der Waals surface area contributed by atoms with Crippen molar-refractivity contribution in [3.63, 3.8) is 0 Å². The highest BCUT2D eigenvalue weighted by atomic mass is 32.7. The van der Waals surface area contributed by atoms with Gasteiger partial charge < -0.3 is 29.9 Å². The molecule has 0 saturated carbocycles. The molecule has 21 nitrogen and oxygen atoms in total. The summed E-state index contributed by atoms with van der Waals surface area (Å²) in [7, 11) is -5.27. The number of nitrogens with two attached hydrogens (primary N) is 1. The number of alkyl halides is 2. The fourth-order valence-electron chi connectivity index (χ4n) is 6.36. The number of aromatic hydroxyl groups is 1. The highest BCUT2D eigenvalue weighted by Gasteiger charge is 2.55. The Morgan fingerprint density at radius 3 is 2.39 bits per heavy atom. The third-order valence-corrected chi connectivity index (χ3v) is 13.9. The molecule has 26 heteroatoms. The number of hydrogen-bond donors (Lipinski definition) is 4. The largest absolute Gasteiger partial charge is 0.508 e. The van der Waals surface area contributed by atoms with Gasteiger partial charge in [-0.15, -0.1) is 0 Å². The maximum absolute atomic E-state index is 16.4. The van der Waals surface area contributed by atoms with Gasteiger partial charge in [-0.2, -0.15) is 0 Å². The Kier molecular flexibility index (Phi) is 11.3. The first-order valence-corrected chi connectivity index (χ1v) is 22.0. The van der Waals surface area contributed by atoms with Crippen LogP contribution in [-0.2, 0) is 42.5 Å². The lowest BCUT2D eigenvalue weighted by atomic mass is 10.1. The molecular weight excluding hydrogens is 850 g/mol. The lowest BCUT2D eigenvalue weighted by molar-refractivity contribution is -0.0635. The number of H-pyrrole nitrogens is 1. The minimum Gasteiger partial charge on any atom is -0.508 e. The van der Waals surface area contributed by atoms with Crippen molar-refractivity contribution in [1.82, 2.24) is 29.1 Å². The number of aromatic amines is 1. The van der Waals surface area contributed by atoms with Crippen molar-refractivity contribution in [2.24, 2.45) is 0 Å². The van der Waals surface area contributed by atoms with Gasteiger partial charge in [-0.1, -0.05) is 12.1 Å². The molecule has 59 heavy (non-hydrogen) atoms. The number of nitrogens with one attached hydrogen (secondary N) is 1. The number of hydrogen-bond acceptors (Lipinski definition) is 18. The Balaban J connectivity index is 1.09. The van der Waals surface area contributed by atoms with Crippen LogP contribution in [0.1, 0.15) is 28.4 Å². The zero-order chi connectivity index (χ0) is 41.6. The lowest BCUT2D eigenvalue weighted by Gasteiger charge is -2.27. The van der Waals surface area contributed by atoms with Crippen molar-refractivity contribution < 1.29 is 65.0 Å². The van der Waals surface area contributed by atoms with E-state index < -0.39 is 94.3 Å². The fourth-order valence-corrected chi connectivity index (χ4v) is 10.7. The Morgan fingerprint density at radius 1 is 0.915 bits per heavy atom. The average Bonchev–Trinajstić information content (AvgIpc) is 3.86. The summed E-state index contributed by atoms with van der Waals surface area (Å²) < 4.78 is 102. The number of phenolic OH excluding ortho intramolecular Hbond substituents is 1. The molecule has 0 amide bonds. The number of carbonyl (C=O) groups excluding carboxylic acids is 1. The second-order valence-corrected chi connectivity index (χ2v) is 18.6. The molecule has 3 aliphatic heterocycles. The first-order valence-electron chi connectivity index (χ1n) is 17.3. The molecular formula is C33H31F2N7O14P2S. The molecule has 2 unspecified atom stereocenters. The number of imidazole rings is 1. The van der Waals surface area contributed by atoms with E-state index in [-0.39, 0.29) is 39.8 Å². The van der Waals surface area contributed by atoms with Crippen LogP contribution in [0.3, 0.4) is 0 Å². The number of carbonyl (C=O) groups is 1. The van der Waals surface area contributed by atoms with Gasteiger partial charge in [-0.05, 0) is 53.3 Å². The Labute approximate surface area is 333 Å². The third kappa shape index (κ3) is 8.59. The van der Waals surface area contributed by atoms with E-state index in [2.05, 4.69) is 15.0 Å². The minimum atomic E-state index is -5.27. The van der Waals surface area contributed by atoms with Crippen molar-refractivity contribution in [3.8, 4) is 11.5 Å². The fraction of sp³-hybridized carbons (Fsp3) is 0.333.